The van der Waals surface area contributed by atoms with Gasteiger partial charge in [-0.05, 0) is 44.4 Å². The molecule has 0 saturated carbocycles. The fourth-order valence-electron chi connectivity index (χ4n) is 2.76. The molecular formula is C15H24N2O. The van der Waals surface area contributed by atoms with Crippen molar-refractivity contribution < 1.29 is 4.74 Å². The zero-order chi connectivity index (χ0) is 12.6. The molecule has 1 fully saturated rings. The van der Waals surface area contributed by atoms with E-state index in [0.717, 1.165) is 19.2 Å². The van der Waals surface area contributed by atoms with E-state index in [9.17, 15) is 0 Å². The minimum absolute atomic E-state index is 0.718. The molecule has 3 nitrogen and oxygen atoms in total. The Hall–Kier alpha value is -0.930. The summed E-state index contributed by atoms with van der Waals surface area (Å²) in [5, 5.41) is 0. The number of hydrogen-bond donors (Lipinski definition) is 0. The number of pyridine rings is 1. The third-order valence-electron chi connectivity index (χ3n) is 3.73. The smallest absolute Gasteiger partial charge is 0.0544 e. The first-order valence-corrected chi connectivity index (χ1v) is 7.03. The lowest BCUT2D eigenvalue weighted by atomic mass is 9.98. The lowest BCUT2D eigenvalue weighted by Crippen LogP contribution is -2.39. The van der Waals surface area contributed by atoms with Gasteiger partial charge in [-0.25, -0.2) is 0 Å². The number of ether oxygens (including phenoxy) is 1. The van der Waals surface area contributed by atoms with Crippen molar-refractivity contribution in [2.75, 3.05) is 20.3 Å². The summed E-state index contributed by atoms with van der Waals surface area (Å²) in [5.74, 6) is 0. The van der Waals surface area contributed by atoms with Gasteiger partial charge in [-0.1, -0.05) is 12.5 Å². The molecule has 18 heavy (non-hydrogen) atoms. The van der Waals surface area contributed by atoms with Crippen molar-refractivity contribution >= 4 is 0 Å². The molecule has 1 aromatic heterocycles. The number of likely N-dealkylation sites (tertiary alicyclic amines) is 1. The summed E-state index contributed by atoms with van der Waals surface area (Å²) in [4.78, 5) is 7.04. The van der Waals surface area contributed by atoms with Gasteiger partial charge >= 0.3 is 0 Å². The van der Waals surface area contributed by atoms with Crippen LogP contribution in [0.3, 0.4) is 0 Å². The van der Waals surface area contributed by atoms with Crippen LogP contribution in [0.25, 0.3) is 0 Å². The van der Waals surface area contributed by atoms with E-state index in [-0.39, 0.29) is 0 Å². The molecule has 3 heteroatoms. The van der Waals surface area contributed by atoms with Crippen LogP contribution >= 0.6 is 0 Å². The van der Waals surface area contributed by atoms with Crippen LogP contribution in [-0.2, 0) is 11.3 Å². The van der Waals surface area contributed by atoms with E-state index >= 15 is 0 Å². The van der Waals surface area contributed by atoms with Crippen molar-refractivity contribution in [2.45, 2.75) is 44.7 Å². The number of methoxy groups -OCH3 is 1. The lowest BCUT2D eigenvalue weighted by molar-refractivity contribution is 0.115. The summed E-state index contributed by atoms with van der Waals surface area (Å²) >= 11 is 0. The number of rotatable bonds is 6. The van der Waals surface area contributed by atoms with E-state index in [1.807, 2.05) is 12.3 Å². The molecule has 100 valence electrons. The molecule has 0 aliphatic carbocycles. The SMILES string of the molecule is COCCC[C@@H]1CCCCN1Cc1ccccn1. The second-order valence-electron chi connectivity index (χ2n) is 5.08. The van der Waals surface area contributed by atoms with Crippen molar-refractivity contribution in [1.82, 2.24) is 9.88 Å². The summed E-state index contributed by atoms with van der Waals surface area (Å²) in [7, 11) is 1.78. The van der Waals surface area contributed by atoms with E-state index in [4.69, 9.17) is 4.74 Å². The van der Waals surface area contributed by atoms with Crippen LogP contribution in [0.5, 0.6) is 0 Å². The van der Waals surface area contributed by atoms with Gasteiger partial charge in [-0.15, -0.1) is 0 Å². The van der Waals surface area contributed by atoms with Crippen molar-refractivity contribution in [1.29, 1.82) is 0 Å². The molecule has 1 atom stereocenters. The van der Waals surface area contributed by atoms with E-state index < -0.39 is 0 Å². The van der Waals surface area contributed by atoms with Crippen LogP contribution in [-0.4, -0.2) is 36.2 Å². The maximum absolute atomic E-state index is 5.16. The Bertz CT molecular complexity index is 329. The molecule has 0 N–H and O–H groups in total. The average Bonchev–Trinajstić information content (AvgIpc) is 2.42. The van der Waals surface area contributed by atoms with Crippen LogP contribution in [0.2, 0.25) is 0 Å². The van der Waals surface area contributed by atoms with Gasteiger partial charge in [0.1, 0.15) is 0 Å². The topological polar surface area (TPSA) is 25.4 Å². The highest BCUT2D eigenvalue weighted by molar-refractivity contribution is 5.03. The molecule has 0 unspecified atom stereocenters. The summed E-state index contributed by atoms with van der Waals surface area (Å²) in [6, 6.07) is 6.90. The van der Waals surface area contributed by atoms with Gasteiger partial charge in [0.25, 0.3) is 0 Å². The molecule has 0 bridgehead atoms. The highest BCUT2D eigenvalue weighted by atomic mass is 16.5. The van der Waals surface area contributed by atoms with E-state index in [0.29, 0.717) is 0 Å². The molecule has 0 spiro atoms. The molecule has 2 heterocycles. The number of nitrogens with zero attached hydrogens (tertiary/aromatic N) is 2. The molecular weight excluding hydrogens is 224 g/mol. The zero-order valence-electron chi connectivity index (χ0n) is 11.3. The van der Waals surface area contributed by atoms with Crippen LogP contribution in [0.4, 0.5) is 0 Å². The van der Waals surface area contributed by atoms with Crippen LogP contribution in [0, 0.1) is 0 Å². The summed E-state index contributed by atoms with van der Waals surface area (Å²) in [5.41, 5.74) is 1.19. The number of hydrogen-bond acceptors (Lipinski definition) is 3. The molecule has 1 saturated heterocycles. The fraction of sp³-hybridized carbons (Fsp3) is 0.667. The second-order valence-corrected chi connectivity index (χ2v) is 5.08. The molecule has 1 aromatic rings. The molecule has 0 aromatic carbocycles. The van der Waals surface area contributed by atoms with Gasteiger partial charge < -0.3 is 4.74 Å². The van der Waals surface area contributed by atoms with E-state index in [2.05, 4.69) is 22.0 Å². The minimum atomic E-state index is 0.718. The van der Waals surface area contributed by atoms with Gasteiger partial charge in [0.15, 0.2) is 0 Å². The minimum Gasteiger partial charge on any atom is -0.385 e. The fourth-order valence-corrected chi connectivity index (χ4v) is 2.76. The number of aromatic nitrogens is 1. The second kappa shape index (κ2) is 7.49. The van der Waals surface area contributed by atoms with Gasteiger partial charge in [-0.2, -0.15) is 0 Å². The maximum Gasteiger partial charge on any atom is 0.0544 e. The van der Waals surface area contributed by atoms with Crippen LogP contribution < -0.4 is 0 Å². The highest BCUT2D eigenvalue weighted by Crippen LogP contribution is 2.22. The van der Waals surface area contributed by atoms with Gasteiger partial charge in [0.2, 0.25) is 0 Å². The molecule has 1 aliphatic heterocycles. The van der Waals surface area contributed by atoms with Crippen LogP contribution in [0.15, 0.2) is 24.4 Å². The monoisotopic (exact) mass is 248 g/mol. The first-order chi connectivity index (χ1) is 8.90. The number of piperidine rings is 1. The first-order valence-electron chi connectivity index (χ1n) is 7.03. The molecule has 2 rings (SSSR count). The molecule has 0 amide bonds. The summed E-state index contributed by atoms with van der Waals surface area (Å²) in [6.45, 7) is 3.10. The van der Waals surface area contributed by atoms with E-state index in [1.165, 1.54) is 44.3 Å². The Kier molecular flexibility index (Phi) is 5.62. The van der Waals surface area contributed by atoms with Gasteiger partial charge in [0.05, 0.1) is 5.69 Å². The lowest BCUT2D eigenvalue weighted by Gasteiger charge is -2.35. The predicted octanol–water partition coefficient (Wildman–Crippen LogP) is 2.86. The third kappa shape index (κ3) is 4.07. The van der Waals surface area contributed by atoms with Crippen molar-refractivity contribution in [2.24, 2.45) is 0 Å². The van der Waals surface area contributed by atoms with E-state index in [1.54, 1.807) is 7.11 Å². The standard InChI is InChI=1S/C15H24N2O/c1-18-12-6-9-15-8-3-5-11-17(15)13-14-7-2-4-10-16-14/h2,4,7,10,15H,3,5-6,8-9,11-13H2,1H3/t15-/m0/s1. The normalized spacial score (nSPS) is 21.1. The van der Waals surface area contributed by atoms with Gasteiger partial charge in [0, 0.05) is 32.5 Å². The van der Waals surface area contributed by atoms with Crippen LogP contribution in [0.1, 0.15) is 37.8 Å². The molecule has 0 radical (unpaired) electrons. The Labute approximate surface area is 110 Å². The molecule has 1 aliphatic rings. The van der Waals surface area contributed by atoms with Crippen molar-refractivity contribution in [3.8, 4) is 0 Å². The average molecular weight is 248 g/mol. The van der Waals surface area contributed by atoms with Gasteiger partial charge in [-0.3, -0.25) is 9.88 Å². The first kappa shape index (κ1) is 13.5. The zero-order valence-corrected chi connectivity index (χ0v) is 11.3. The quantitative estimate of drug-likeness (QED) is 0.724. The Morgan fingerprint density at radius 2 is 2.33 bits per heavy atom. The predicted molar refractivity (Wildman–Crippen MR) is 73.4 cm³/mol. The Balaban J connectivity index is 1.87. The largest absolute Gasteiger partial charge is 0.385 e. The van der Waals surface area contributed by atoms with Crippen molar-refractivity contribution in [3.05, 3.63) is 30.1 Å². The summed E-state index contributed by atoms with van der Waals surface area (Å²) < 4.78 is 5.16. The highest BCUT2D eigenvalue weighted by Gasteiger charge is 2.22. The third-order valence-corrected chi connectivity index (χ3v) is 3.73. The van der Waals surface area contributed by atoms with Crippen molar-refractivity contribution in [3.63, 3.8) is 0 Å². The Morgan fingerprint density at radius 3 is 3.11 bits per heavy atom. The summed E-state index contributed by atoms with van der Waals surface area (Å²) in [6.07, 6.45) is 8.33. The Morgan fingerprint density at radius 1 is 1.39 bits per heavy atom. The maximum atomic E-state index is 5.16.